The fraction of sp³-hybridized carbons (Fsp3) is 1.00. The molecule has 0 heterocycles. The normalized spacial score (nSPS) is 7.71. The van der Waals surface area contributed by atoms with Gasteiger partial charge >= 0.3 is 0 Å². The molecule has 0 radical (unpaired) electrons. The summed E-state index contributed by atoms with van der Waals surface area (Å²) in [4.78, 5) is 0. The fourth-order valence-electron chi connectivity index (χ4n) is 1.14. The first-order chi connectivity index (χ1) is 8.62. The zero-order valence-electron chi connectivity index (χ0n) is 12.2. The van der Waals surface area contributed by atoms with E-state index in [1.54, 1.807) is 0 Å². The molecule has 0 saturated heterocycles. The lowest BCUT2D eigenvalue weighted by atomic mass is 10.7. The van der Waals surface area contributed by atoms with Gasteiger partial charge in [0.05, 0.1) is 32.7 Å². The average molecular weight is 441 g/mol. The van der Waals surface area contributed by atoms with Gasteiger partial charge in [-0.2, -0.15) is 0 Å². The summed E-state index contributed by atoms with van der Waals surface area (Å²) in [5.74, 6) is 0. The van der Waals surface area contributed by atoms with Crippen molar-refractivity contribution in [3.8, 4) is 0 Å². The van der Waals surface area contributed by atoms with Gasteiger partial charge in [0.2, 0.25) is 8.32 Å². The minimum Gasteiger partial charge on any atom is -0.393 e. The largest absolute Gasteiger partial charge is 0.393 e. The van der Waals surface area contributed by atoms with Crippen LogP contribution >= 0.6 is 0 Å². The van der Waals surface area contributed by atoms with Crippen LogP contribution in [0.15, 0.2) is 0 Å². The zero-order valence-corrected chi connectivity index (χ0v) is 13.2. The van der Waals surface area contributed by atoms with Crippen LogP contribution < -0.4 is 0 Å². The minimum atomic E-state index is -1.78. The Balaban J connectivity index is -0.0000000321. The number of ether oxygens (including phenoxy) is 4. The van der Waals surface area contributed by atoms with Crippen LogP contribution in [0.1, 0.15) is 88.1 Å². The van der Waals surface area contributed by atoms with E-state index >= 15 is 0 Å². The van der Waals surface area contributed by atoms with Gasteiger partial charge in [-0.25, -0.2) is 0 Å². The molecule has 6 heteroatoms. The highest BCUT2D eigenvalue weighted by molar-refractivity contribution is 6.71. The predicted molar refractivity (Wildman–Crippen MR) is 141 cm³/mol. The van der Waals surface area contributed by atoms with Gasteiger partial charge in [0, 0.05) is 13.2 Å². The van der Waals surface area contributed by atoms with Gasteiger partial charge in [-0.15, -0.1) is 0 Å². The number of hydrogen-bond donors (Lipinski definition) is 0. The van der Waals surface area contributed by atoms with Gasteiger partial charge in [-0.3, -0.25) is 0 Å². The van der Waals surface area contributed by atoms with E-state index in [2.05, 4.69) is 13.1 Å². The van der Waals surface area contributed by atoms with E-state index in [1.165, 1.54) is 0 Å². The zero-order chi connectivity index (χ0) is 13.7. The molecule has 0 aliphatic rings. The predicted octanol–water partition coefficient (Wildman–Crippen LogP) is 8.17. The fourth-order valence-corrected chi connectivity index (χ4v) is 2.27. The van der Waals surface area contributed by atoms with E-state index < -0.39 is 8.32 Å². The summed E-state index contributed by atoms with van der Waals surface area (Å²) in [6.07, 6.45) is 0.662. The molecule has 0 aromatic rings. The van der Waals surface area contributed by atoms with Crippen molar-refractivity contribution in [1.82, 2.24) is 0 Å². The first kappa shape index (κ1) is 70.6. The molecule has 0 N–H and O–H groups in total. The second kappa shape index (κ2) is 50.6. The van der Waals surface area contributed by atoms with Crippen molar-refractivity contribution in [3.05, 3.63) is 0 Å². The Bertz CT molecular complexity index is 182. The van der Waals surface area contributed by atoms with Crippen molar-refractivity contribution in [2.45, 2.75) is 101 Å². The Morgan fingerprint density at radius 2 is 0.821 bits per heavy atom. The minimum absolute atomic E-state index is 0. The first-order valence-electron chi connectivity index (χ1n) is 6.57. The van der Waals surface area contributed by atoms with Gasteiger partial charge in [0.25, 0.3) is 0 Å². The van der Waals surface area contributed by atoms with E-state index in [0.29, 0.717) is 39.5 Å². The molecular formula is C22H68O5Si. The summed E-state index contributed by atoms with van der Waals surface area (Å²) in [6, 6.07) is 0. The lowest BCUT2D eigenvalue weighted by Crippen LogP contribution is -2.38. The van der Waals surface area contributed by atoms with Crippen LogP contribution in [0.4, 0.5) is 0 Å². The second-order valence-electron chi connectivity index (χ2n) is 4.38. The van der Waals surface area contributed by atoms with Gasteiger partial charge < -0.3 is 23.4 Å². The van der Waals surface area contributed by atoms with Crippen molar-refractivity contribution in [3.63, 3.8) is 0 Å². The van der Waals surface area contributed by atoms with Gasteiger partial charge in [0.1, 0.15) is 6.79 Å². The topological polar surface area (TPSA) is 46.2 Å². The highest BCUT2D eigenvalue weighted by Gasteiger charge is 2.22. The molecular weight excluding hydrogens is 372 g/mol. The van der Waals surface area contributed by atoms with Gasteiger partial charge in [0.15, 0.2) is 0 Å². The van der Waals surface area contributed by atoms with Crippen LogP contribution in [0.2, 0.25) is 13.1 Å². The van der Waals surface area contributed by atoms with Gasteiger partial charge in [-0.05, 0) is 26.9 Å². The Labute approximate surface area is 186 Å². The third-order valence-corrected chi connectivity index (χ3v) is 3.93. The Morgan fingerprint density at radius 1 is 0.500 bits per heavy atom. The highest BCUT2D eigenvalue weighted by atomic mass is 28.4. The lowest BCUT2D eigenvalue weighted by Gasteiger charge is -2.22. The van der Waals surface area contributed by atoms with Crippen molar-refractivity contribution < 1.29 is 23.4 Å². The number of rotatable bonds is 13. The quantitative estimate of drug-likeness (QED) is 0.164. The molecule has 0 atom stereocenters. The van der Waals surface area contributed by atoms with Crippen LogP contribution in [0.5, 0.6) is 0 Å². The van der Waals surface area contributed by atoms with Crippen molar-refractivity contribution in [1.29, 1.82) is 0 Å². The van der Waals surface area contributed by atoms with E-state index in [0.717, 1.165) is 13.2 Å². The highest BCUT2D eigenvalue weighted by Crippen LogP contribution is 2.04. The summed E-state index contributed by atoms with van der Waals surface area (Å²) in [6.45, 7) is 12.4. The van der Waals surface area contributed by atoms with Crippen LogP contribution in [0, 0.1) is 0 Å². The van der Waals surface area contributed by atoms with Crippen LogP contribution in [-0.4, -0.2) is 61.0 Å². The van der Waals surface area contributed by atoms with E-state index in [-0.39, 0.29) is 74.3 Å². The smallest absolute Gasteiger partial charge is 0.215 e. The van der Waals surface area contributed by atoms with E-state index in [1.807, 2.05) is 13.8 Å². The van der Waals surface area contributed by atoms with Crippen molar-refractivity contribution in [2.75, 3.05) is 52.7 Å². The second-order valence-corrected chi connectivity index (χ2v) is 8.47. The van der Waals surface area contributed by atoms with Crippen LogP contribution in [0.3, 0.4) is 0 Å². The Morgan fingerprint density at radius 3 is 1.18 bits per heavy atom. The first-order valence-corrected chi connectivity index (χ1v) is 9.69. The summed E-state index contributed by atoms with van der Waals surface area (Å²) >= 11 is 0. The molecule has 0 fully saturated rings. The van der Waals surface area contributed by atoms with Crippen molar-refractivity contribution >= 4 is 8.32 Å². The van der Waals surface area contributed by atoms with Gasteiger partial charge in [-0.1, -0.05) is 74.3 Å². The lowest BCUT2D eigenvalue weighted by molar-refractivity contribution is -0.0233. The molecule has 190 valence electrons. The summed E-state index contributed by atoms with van der Waals surface area (Å²) in [5, 5.41) is 0. The SMILES string of the molecule is C.C.C.C.C.C.C.C.C.C.CCOCCOCO[Si](C)(C)COCCOCC. The van der Waals surface area contributed by atoms with E-state index in [9.17, 15) is 0 Å². The molecule has 0 unspecified atom stereocenters. The average Bonchev–Trinajstić information content (AvgIpc) is 2.33. The standard InChI is InChI=1S/C12H28O5Si.10CH4/c1-5-13-7-9-15-11-17-18(3,4)12-16-10-8-14-6-2;;;;;;;;;;/h5-12H2,1-4H3;10*1H4. The van der Waals surface area contributed by atoms with Crippen LogP contribution in [0.25, 0.3) is 0 Å². The van der Waals surface area contributed by atoms with E-state index in [4.69, 9.17) is 23.4 Å². The molecule has 0 aromatic heterocycles. The summed E-state index contributed by atoms with van der Waals surface area (Å²) in [5.41, 5.74) is 0. The maximum Gasteiger partial charge on any atom is 0.215 e. The third kappa shape index (κ3) is 56.2. The summed E-state index contributed by atoms with van der Waals surface area (Å²) < 4.78 is 26.9. The molecule has 0 aliphatic heterocycles. The molecule has 0 saturated carbocycles. The molecule has 0 spiro atoms. The molecule has 0 amide bonds. The Hall–Kier alpha value is 0.0169. The van der Waals surface area contributed by atoms with Crippen LogP contribution in [-0.2, 0) is 23.4 Å². The molecule has 0 aliphatic carbocycles. The molecule has 5 nitrogen and oxygen atoms in total. The third-order valence-electron chi connectivity index (χ3n) is 2.13. The summed E-state index contributed by atoms with van der Waals surface area (Å²) in [7, 11) is -1.78. The monoisotopic (exact) mass is 440 g/mol. The maximum absolute atomic E-state index is 5.71. The van der Waals surface area contributed by atoms with Crippen molar-refractivity contribution in [2.24, 2.45) is 0 Å². The molecule has 0 bridgehead atoms. The molecule has 0 rings (SSSR count). The molecule has 28 heavy (non-hydrogen) atoms. The molecule has 0 aromatic carbocycles. The Kier molecular flexibility index (Phi) is 128. The maximum atomic E-state index is 5.71. The number of hydrogen-bond acceptors (Lipinski definition) is 5.